The third kappa shape index (κ3) is 3.45. The first-order chi connectivity index (χ1) is 8.66. The monoisotopic (exact) mass is 255 g/mol. The fourth-order valence-corrected chi connectivity index (χ4v) is 2.77. The summed E-state index contributed by atoms with van der Waals surface area (Å²) < 4.78 is 5.54. The molecule has 0 bridgehead atoms. The average Bonchev–Trinajstić information content (AvgIpc) is 2.87. The Morgan fingerprint density at radius 2 is 1.94 bits per heavy atom. The highest BCUT2D eigenvalue weighted by Crippen LogP contribution is 2.31. The van der Waals surface area contributed by atoms with Crippen molar-refractivity contribution in [3.05, 3.63) is 0 Å². The third-order valence-electron chi connectivity index (χ3n) is 3.93. The first-order valence-electron chi connectivity index (χ1n) is 6.79. The van der Waals surface area contributed by atoms with Gasteiger partial charge >= 0.3 is 5.97 Å². The molecule has 0 radical (unpaired) electrons. The summed E-state index contributed by atoms with van der Waals surface area (Å²) in [5, 5.41) is 11.8. The predicted molar refractivity (Wildman–Crippen MR) is 65.1 cm³/mol. The number of nitrogens with one attached hydrogen (secondary N) is 1. The summed E-state index contributed by atoms with van der Waals surface area (Å²) in [5.74, 6) is -1.25. The number of aliphatic carboxylic acids is 1. The lowest BCUT2D eigenvalue weighted by molar-refractivity contribution is -0.141. The number of carbonyl (C=O) groups excluding carboxylic acids is 1. The lowest BCUT2D eigenvalue weighted by Gasteiger charge is -2.23. The summed E-state index contributed by atoms with van der Waals surface area (Å²) in [5.41, 5.74) is 0. The Bertz CT molecular complexity index is 312. The van der Waals surface area contributed by atoms with Gasteiger partial charge in [-0.05, 0) is 38.5 Å². The normalized spacial score (nSPS) is 32.1. The van der Waals surface area contributed by atoms with Crippen LogP contribution in [0.4, 0.5) is 0 Å². The highest BCUT2D eigenvalue weighted by atomic mass is 16.5. The first-order valence-corrected chi connectivity index (χ1v) is 6.79. The quantitative estimate of drug-likeness (QED) is 0.790. The summed E-state index contributed by atoms with van der Waals surface area (Å²) in [7, 11) is 0. The molecule has 2 aliphatic rings. The molecule has 1 heterocycles. The fraction of sp³-hybridized carbons (Fsp3) is 0.846. The molecule has 1 unspecified atom stereocenters. The van der Waals surface area contributed by atoms with Crippen LogP contribution in [0.25, 0.3) is 0 Å². The van der Waals surface area contributed by atoms with Gasteiger partial charge in [0.15, 0.2) is 0 Å². The van der Waals surface area contributed by atoms with E-state index in [9.17, 15) is 9.59 Å². The van der Waals surface area contributed by atoms with Gasteiger partial charge in [-0.3, -0.25) is 9.59 Å². The van der Waals surface area contributed by atoms with Crippen molar-refractivity contribution in [2.24, 2.45) is 11.8 Å². The average molecular weight is 255 g/mol. The van der Waals surface area contributed by atoms with Gasteiger partial charge in [0.05, 0.1) is 12.0 Å². The van der Waals surface area contributed by atoms with E-state index >= 15 is 0 Å². The molecule has 2 N–H and O–H groups in total. The Morgan fingerprint density at radius 3 is 2.56 bits per heavy atom. The van der Waals surface area contributed by atoms with E-state index in [-0.39, 0.29) is 23.8 Å². The summed E-state index contributed by atoms with van der Waals surface area (Å²) >= 11 is 0. The minimum atomic E-state index is -0.777. The van der Waals surface area contributed by atoms with Gasteiger partial charge in [-0.2, -0.15) is 0 Å². The summed E-state index contributed by atoms with van der Waals surface area (Å²) in [6.07, 6.45) is 5.19. The van der Waals surface area contributed by atoms with Crippen LogP contribution >= 0.6 is 0 Å². The largest absolute Gasteiger partial charge is 0.481 e. The molecule has 5 nitrogen and oxygen atoms in total. The van der Waals surface area contributed by atoms with E-state index < -0.39 is 5.97 Å². The second-order valence-electron chi connectivity index (χ2n) is 5.28. The predicted octanol–water partition coefficient (Wildman–Crippen LogP) is 1.17. The second-order valence-corrected chi connectivity index (χ2v) is 5.28. The summed E-state index contributed by atoms with van der Waals surface area (Å²) in [4.78, 5) is 22.7. The molecule has 2 rings (SSSR count). The van der Waals surface area contributed by atoms with Crippen LogP contribution in [-0.2, 0) is 14.3 Å². The second kappa shape index (κ2) is 6.18. The van der Waals surface area contributed by atoms with Crippen LogP contribution in [0.2, 0.25) is 0 Å². The highest BCUT2D eigenvalue weighted by Gasteiger charge is 2.33. The van der Waals surface area contributed by atoms with Gasteiger partial charge in [0.1, 0.15) is 0 Å². The van der Waals surface area contributed by atoms with Crippen molar-refractivity contribution in [1.82, 2.24) is 5.32 Å². The van der Waals surface area contributed by atoms with Crippen LogP contribution in [0, 0.1) is 11.8 Å². The van der Waals surface area contributed by atoms with Gasteiger partial charge in [-0.15, -0.1) is 0 Å². The van der Waals surface area contributed by atoms with Crippen LogP contribution in [0.5, 0.6) is 0 Å². The summed E-state index contributed by atoms with van der Waals surface area (Å²) in [6, 6.07) is 0. The Labute approximate surface area is 107 Å². The van der Waals surface area contributed by atoms with Crippen molar-refractivity contribution in [3.8, 4) is 0 Å². The molecule has 3 atom stereocenters. The summed E-state index contributed by atoms with van der Waals surface area (Å²) in [6.45, 7) is 1.35. The van der Waals surface area contributed by atoms with Crippen molar-refractivity contribution in [2.75, 3.05) is 13.2 Å². The number of rotatable bonds is 4. The van der Waals surface area contributed by atoms with Gasteiger partial charge in [0.2, 0.25) is 5.91 Å². The maximum Gasteiger partial charge on any atom is 0.306 e. The Hall–Kier alpha value is -1.10. The van der Waals surface area contributed by atoms with E-state index in [4.69, 9.17) is 9.84 Å². The zero-order valence-electron chi connectivity index (χ0n) is 10.6. The molecule has 0 spiro atoms. The van der Waals surface area contributed by atoms with E-state index in [1.165, 1.54) is 0 Å². The minimum absolute atomic E-state index is 0.00655. The van der Waals surface area contributed by atoms with Crippen LogP contribution in [0.3, 0.4) is 0 Å². The van der Waals surface area contributed by atoms with Gasteiger partial charge in [0.25, 0.3) is 0 Å². The van der Waals surface area contributed by atoms with Crippen LogP contribution < -0.4 is 5.32 Å². The lowest BCUT2D eigenvalue weighted by Crippen LogP contribution is -2.38. The van der Waals surface area contributed by atoms with Gasteiger partial charge in [-0.1, -0.05) is 0 Å². The van der Waals surface area contributed by atoms with E-state index in [1.807, 2.05) is 0 Å². The van der Waals surface area contributed by atoms with Crippen LogP contribution in [0.15, 0.2) is 0 Å². The Balaban J connectivity index is 1.70. The van der Waals surface area contributed by atoms with Crippen molar-refractivity contribution >= 4 is 11.9 Å². The van der Waals surface area contributed by atoms with Crippen molar-refractivity contribution < 1.29 is 19.4 Å². The fourth-order valence-electron chi connectivity index (χ4n) is 2.77. The van der Waals surface area contributed by atoms with Crippen LogP contribution in [-0.4, -0.2) is 36.2 Å². The number of carboxylic acid groups (broad SMARTS) is 1. The van der Waals surface area contributed by atoms with E-state index in [0.29, 0.717) is 25.8 Å². The van der Waals surface area contributed by atoms with E-state index in [2.05, 4.69) is 5.32 Å². The molecule has 1 saturated carbocycles. The molecule has 18 heavy (non-hydrogen) atoms. The Morgan fingerprint density at radius 1 is 1.17 bits per heavy atom. The molecule has 1 saturated heterocycles. The molecule has 0 aromatic heterocycles. The maximum absolute atomic E-state index is 11.9. The van der Waals surface area contributed by atoms with Crippen LogP contribution in [0.1, 0.15) is 38.5 Å². The SMILES string of the molecule is O=C(O)[C@@H]1CC[C@H](C(=O)NCC2CCCCO2)C1. The molecule has 102 valence electrons. The molecule has 0 aromatic carbocycles. The van der Waals surface area contributed by atoms with Crippen molar-refractivity contribution in [2.45, 2.75) is 44.6 Å². The molecular formula is C13H21NO4. The van der Waals surface area contributed by atoms with Gasteiger partial charge in [0, 0.05) is 19.1 Å². The number of carboxylic acids is 1. The standard InChI is InChI=1S/C13H21NO4/c15-12(9-4-5-10(7-9)13(16)17)14-8-11-3-1-2-6-18-11/h9-11H,1-8H2,(H,14,15)(H,16,17)/t9-,10+,11?/m0/s1. The smallest absolute Gasteiger partial charge is 0.306 e. The van der Waals surface area contributed by atoms with E-state index in [0.717, 1.165) is 25.9 Å². The van der Waals surface area contributed by atoms with Gasteiger partial charge in [-0.25, -0.2) is 0 Å². The highest BCUT2D eigenvalue weighted by molar-refractivity contribution is 5.80. The first kappa shape index (κ1) is 13.3. The number of hydrogen-bond donors (Lipinski definition) is 2. The number of carbonyl (C=O) groups is 2. The molecule has 1 aliphatic carbocycles. The number of hydrogen-bond acceptors (Lipinski definition) is 3. The molecule has 5 heteroatoms. The molecular weight excluding hydrogens is 234 g/mol. The zero-order valence-corrected chi connectivity index (χ0v) is 10.6. The number of amides is 1. The minimum Gasteiger partial charge on any atom is -0.481 e. The third-order valence-corrected chi connectivity index (χ3v) is 3.93. The molecule has 0 aromatic rings. The maximum atomic E-state index is 11.9. The zero-order chi connectivity index (χ0) is 13.0. The topological polar surface area (TPSA) is 75.6 Å². The Kier molecular flexibility index (Phi) is 4.58. The van der Waals surface area contributed by atoms with E-state index in [1.54, 1.807) is 0 Å². The molecule has 2 fully saturated rings. The molecule has 1 aliphatic heterocycles. The van der Waals surface area contributed by atoms with Crippen molar-refractivity contribution in [3.63, 3.8) is 0 Å². The lowest BCUT2D eigenvalue weighted by atomic mass is 10.0. The molecule has 1 amide bonds. The number of ether oxygens (including phenoxy) is 1. The van der Waals surface area contributed by atoms with Crippen molar-refractivity contribution in [1.29, 1.82) is 0 Å². The van der Waals surface area contributed by atoms with Gasteiger partial charge < -0.3 is 15.2 Å².